The molecule has 2 atom stereocenters. The summed E-state index contributed by atoms with van der Waals surface area (Å²) in [5.41, 5.74) is -11.0. The first-order valence-corrected chi connectivity index (χ1v) is 4.99. The molecule has 0 spiro atoms. The molecule has 0 aromatic heterocycles. The maximum atomic E-state index is 13.9. The van der Waals surface area contributed by atoms with Gasteiger partial charge in [0.25, 0.3) is 11.3 Å². The second kappa shape index (κ2) is 3.20. The molecule has 0 fully saturated rings. The van der Waals surface area contributed by atoms with E-state index in [0.717, 1.165) is 0 Å². The van der Waals surface area contributed by atoms with E-state index in [1.54, 1.807) is 0 Å². The summed E-state index contributed by atoms with van der Waals surface area (Å²) in [7, 11) is 0. The first-order chi connectivity index (χ1) is 7.98. The molecule has 102 valence electrons. The van der Waals surface area contributed by atoms with Crippen molar-refractivity contribution in [3.05, 3.63) is 23.3 Å². The van der Waals surface area contributed by atoms with Crippen molar-refractivity contribution in [2.45, 2.75) is 23.2 Å². The molecule has 0 radical (unpaired) electrons. The van der Waals surface area contributed by atoms with Gasteiger partial charge in [-0.15, -0.1) is 11.6 Å². The largest absolute Gasteiger partial charge is 0.357 e. The summed E-state index contributed by atoms with van der Waals surface area (Å²) in [6.07, 6.45) is -0.421. The molecule has 3 aliphatic rings. The van der Waals surface area contributed by atoms with Crippen LogP contribution in [0.2, 0.25) is 0 Å². The van der Waals surface area contributed by atoms with E-state index in [1.807, 2.05) is 0 Å². The van der Waals surface area contributed by atoms with Gasteiger partial charge in [0, 0.05) is 5.88 Å². The third-order valence-corrected chi connectivity index (χ3v) is 3.35. The minimum Gasteiger partial charge on any atom is -0.224 e. The van der Waals surface area contributed by atoms with Gasteiger partial charge in [0.2, 0.25) is 0 Å². The first-order valence-electron chi connectivity index (χ1n) is 4.46. The highest BCUT2D eigenvalue weighted by atomic mass is 35.5. The zero-order chi connectivity index (χ0) is 14.1. The van der Waals surface area contributed by atoms with E-state index >= 15 is 0 Å². The average molecular weight is 299 g/mol. The maximum absolute atomic E-state index is 13.9. The van der Waals surface area contributed by atoms with Crippen molar-refractivity contribution in [3.63, 3.8) is 0 Å². The number of alkyl halides is 7. The zero-order valence-electron chi connectivity index (χ0n) is 8.19. The highest BCUT2D eigenvalue weighted by Gasteiger charge is 2.87. The molecule has 0 aromatic rings. The molecule has 2 unspecified atom stereocenters. The molecule has 18 heavy (non-hydrogen) atoms. The molecule has 0 saturated heterocycles. The summed E-state index contributed by atoms with van der Waals surface area (Å²) in [4.78, 5) is 0. The number of fused-ring (bicyclic) bond motifs is 1. The molecular formula is C9H3ClF8. The lowest BCUT2D eigenvalue weighted by atomic mass is 9.66. The molecule has 0 aromatic carbocycles. The summed E-state index contributed by atoms with van der Waals surface area (Å²) in [5.74, 6) is -18.5. The zero-order valence-corrected chi connectivity index (χ0v) is 8.94. The molecule has 0 N–H and O–H groups in total. The fourth-order valence-corrected chi connectivity index (χ4v) is 2.26. The Labute approximate surface area is 99.9 Å². The number of halogens is 9. The Bertz CT molecular complexity index is 481. The third-order valence-electron chi connectivity index (χ3n) is 3.06. The van der Waals surface area contributed by atoms with E-state index in [-0.39, 0.29) is 0 Å². The van der Waals surface area contributed by atoms with Crippen molar-refractivity contribution in [2.75, 3.05) is 5.88 Å². The second-order valence-electron chi connectivity index (χ2n) is 3.95. The van der Waals surface area contributed by atoms with Gasteiger partial charge in [-0.3, -0.25) is 0 Å². The molecule has 2 bridgehead atoms. The highest BCUT2D eigenvalue weighted by molar-refractivity contribution is 6.19. The van der Waals surface area contributed by atoms with Gasteiger partial charge in [-0.05, 0) is 11.6 Å². The van der Waals surface area contributed by atoms with E-state index < -0.39 is 52.4 Å². The van der Waals surface area contributed by atoms with Crippen LogP contribution in [-0.2, 0) is 0 Å². The smallest absolute Gasteiger partial charge is 0.224 e. The second-order valence-corrected chi connectivity index (χ2v) is 4.22. The van der Waals surface area contributed by atoms with Crippen LogP contribution in [0.5, 0.6) is 0 Å². The quantitative estimate of drug-likeness (QED) is 0.390. The normalized spacial score (nSPS) is 41.1. The Kier molecular flexibility index (Phi) is 2.43. The molecule has 0 aliphatic heterocycles. The molecule has 9 heteroatoms. The summed E-state index contributed by atoms with van der Waals surface area (Å²) in [6, 6.07) is 0. The highest BCUT2D eigenvalue weighted by Crippen LogP contribution is 2.67. The molecule has 0 saturated carbocycles. The van der Waals surface area contributed by atoms with E-state index in [1.165, 1.54) is 0 Å². The molecule has 3 rings (SSSR count). The van der Waals surface area contributed by atoms with Crippen LogP contribution in [0.1, 0.15) is 0 Å². The van der Waals surface area contributed by atoms with E-state index in [9.17, 15) is 35.1 Å². The fourth-order valence-electron chi connectivity index (χ4n) is 2.00. The third kappa shape index (κ3) is 1.01. The average Bonchev–Trinajstić information content (AvgIpc) is 2.28. The minimum atomic E-state index is -5.78. The Balaban J connectivity index is 2.89. The molecule has 0 heterocycles. The molecule has 0 nitrogen and oxygen atoms in total. The molecular weight excluding hydrogens is 296 g/mol. The van der Waals surface area contributed by atoms with Crippen LogP contribution in [0.4, 0.5) is 35.1 Å². The predicted octanol–water partition coefficient (Wildman–Crippen LogP) is 4.02. The van der Waals surface area contributed by atoms with E-state index in [4.69, 9.17) is 11.6 Å². The number of allylic oxidation sites excluding steroid dienone is 4. The van der Waals surface area contributed by atoms with Crippen LogP contribution in [-0.4, -0.2) is 29.1 Å². The van der Waals surface area contributed by atoms with Crippen LogP contribution in [0.25, 0.3) is 0 Å². The monoisotopic (exact) mass is 298 g/mol. The van der Waals surface area contributed by atoms with Crippen LogP contribution < -0.4 is 0 Å². The summed E-state index contributed by atoms with van der Waals surface area (Å²) in [6.45, 7) is 0. The van der Waals surface area contributed by atoms with Crippen LogP contribution in [0, 0.1) is 0 Å². The van der Waals surface area contributed by atoms with Crippen LogP contribution in [0.15, 0.2) is 23.3 Å². The summed E-state index contributed by atoms with van der Waals surface area (Å²) < 4.78 is 107. The van der Waals surface area contributed by atoms with Crippen molar-refractivity contribution in [1.29, 1.82) is 0 Å². The van der Waals surface area contributed by atoms with Gasteiger partial charge >= 0.3 is 11.8 Å². The van der Waals surface area contributed by atoms with E-state index in [0.29, 0.717) is 0 Å². The van der Waals surface area contributed by atoms with Crippen LogP contribution >= 0.6 is 11.6 Å². The standard InChI is InChI=1S/C9H3ClF8/c10-2-3-1-6(13)4(11)5(12)7(3,14)9(17,18)8(6,15)16/h1H,2H2. The van der Waals surface area contributed by atoms with Gasteiger partial charge in [-0.25, -0.2) is 17.6 Å². The van der Waals surface area contributed by atoms with E-state index in [2.05, 4.69) is 0 Å². The lowest BCUT2D eigenvalue weighted by Gasteiger charge is -2.50. The number of hydrogen-bond acceptors (Lipinski definition) is 0. The van der Waals surface area contributed by atoms with Crippen molar-refractivity contribution in [2.24, 2.45) is 0 Å². The number of rotatable bonds is 1. The Morgan fingerprint density at radius 2 is 1.39 bits per heavy atom. The number of hydrogen-bond donors (Lipinski definition) is 0. The SMILES string of the molecule is FC1=C(F)C2(F)C(CCl)=CC1(F)C(F)(F)C2(F)F. The first kappa shape index (κ1) is 13.6. The summed E-state index contributed by atoms with van der Waals surface area (Å²) in [5, 5.41) is 0. The topological polar surface area (TPSA) is 0 Å². The van der Waals surface area contributed by atoms with Crippen molar-refractivity contribution in [1.82, 2.24) is 0 Å². The minimum absolute atomic E-state index is 0.421. The van der Waals surface area contributed by atoms with Gasteiger partial charge in [-0.2, -0.15) is 17.6 Å². The van der Waals surface area contributed by atoms with Crippen molar-refractivity contribution < 1.29 is 35.1 Å². The Hall–Kier alpha value is -0.790. The fraction of sp³-hybridized carbons (Fsp3) is 0.556. The van der Waals surface area contributed by atoms with Crippen molar-refractivity contribution >= 4 is 11.6 Å². The van der Waals surface area contributed by atoms with Crippen LogP contribution in [0.3, 0.4) is 0 Å². The predicted molar refractivity (Wildman–Crippen MR) is 45.6 cm³/mol. The maximum Gasteiger partial charge on any atom is 0.357 e. The Morgan fingerprint density at radius 3 is 1.83 bits per heavy atom. The Morgan fingerprint density at radius 1 is 0.889 bits per heavy atom. The van der Waals surface area contributed by atoms with Crippen molar-refractivity contribution in [3.8, 4) is 0 Å². The van der Waals surface area contributed by atoms with Gasteiger partial charge in [0.15, 0.2) is 11.7 Å². The van der Waals surface area contributed by atoms with Gasteiger partial charge in [0.1, 0.15) is 0 Å². The lowest BCUT2D eigenvalue weighted by Crippen LogP contribution is -2.72. The van der Waals surface area contributed by atoms with Gasteiger partial charge in [-0.1, -0.05) is 0 Å². The lowest BCUT2D eigenvalue weighted by molar-refractivity contribution is -0.309. The van der Waals surface area contributed by atoms with Gasteiger partial charge < -0.3 is 0 Å². The summed E-state index contributed by atoms with van der Waals surface area (Å²) >= 11 is 4.99. The molecule has 0 amide bonds. The molecule has 3 aliphatic carbocycles. The van der Waals surface area contributed by atoms with Gasteiger partial charge in [0.05, 0.1) is 0 Å².